The third kappa shape index (κ3) is 5.49. The molecule has 1 aliphatic heterocycles. The van der Waals surface area contributed by atoms with E-state index in [1.165, 1.54) is 0 Å². The lowest BCUT2D eigenvalue weighted by Crippen LogP contribution is -2.46. The van der Waals surface area contributed by atoms with Gasteiger partial charge in [-0.3, -0.25) is 9.59 Å². The summed E-state index contributed by atoms with van der Waals surface area (Å²) in [5, 5.41) is 8.82. The predicted octanol–water partition coefficient (Wildman–Crippen LogP) is 0.405. The van der Waals surface area contributed by atoms with Crippen LogP contribution in [-0.2, 0) is 9.59 Å². The molecular formula is C13H25N3O2. The Morgan fingerprint density at radius 3 is 2.61 bits per heavy atom. The average molecular weight is 255 g/mol. The fraction of sp³-hybridized carbons (Fsp3) is 0.846. The minimum Gasteiger partial charge on any atom is -0.354 e. The summed E-state index contributed by atoms with van der Waals surface area (Å²) in [6, 6.07) is -0.187. The van der Waals surface area contributed by atoms with Crippen molar-refractivity contribution in [1.29, 1.82) is 0 Å². The van der Waals surface area contributed by atoms with Gasteiger partial charge in [-0.05, 0) is 32.2 Å². The molecule has 0 saturated carbocycles. The van der Waals surface area contributed by atoms with Crippen LogP contribution in [0.2, 0.25) is 0 Å². The quantitative estimate of drug-likeness (QED) is 0.643. The van der Waals surface area contributed by atoms with Gasteiger partial charge in [0, 0.05) is 19.0 Å². The molecular weight excluding hydrogens is 230 g/mol. The van der Waals surface area contributed by atoms with Crippen LogP contribution >= 0.6 is 0 Å². The molecule has 0 aliphatic carbocycles. The third-order valence-corrected chi connectivity index (χ3v) is 3.05. The number of hydrogen-bond donors (Lipinski definition) is 3. The standard InChI is InChI=1S/C13H25N3O2/c1-9(2)8-15-13(18)10(3)16-12(17)7-11-5-4-6-14-11/h9-11,14H,4-8H2,1-3H3,(H,15,18)(H,16,17). The SMILES string of the molecule is CC(C)CNC(=O)C(C)NC(=O)CC1CCCN1. The van der Waals surface area contributed by atoms with E-state index in [4.69, 9.17) is 0 Å². The molecule has 2 unspecified atom stereocenters. The first-order valence-corrected chi connectivity index (χ1v) is 6.79. The summed E-state index contributed by atoms with van der Waals surface area (Å²) in [5.74, 6) is 0.248. The van der Waals surface area contributed by atoms with Gasteiger partial charge in [0.05, 0.1) is 0 Å². The molecule has 0 spiro atoms. The van der Waals surface area contributed by atoms with Crippen molar-refractivity contribution in [3.63, 3.8) is 0 Å². The average Bonchev–Trinajstić information content (AvgIpc) is 2.78. The lowest BCUT2D eigenvalue weighted by molar-refractivity contribution is -0.128. The smallest absolute Gasteiger partial charge is 0.242 e. The molecule has 1 fully saturated rings. The van der Waals surface area contributed by atoms with E-state index >= 15 is 0 Å². The fourth-order valence-corrected chi connectivity index (χ4v) is 1.98. The second-order valence-corrected chi connectivity index (χ2v) is 5.43. The maximum atomic E-state index is 11.7. The Balaban J connectivity index is 2.23. The van der Waals surface area contributed by atoms with E-state index in [9.17, 15) is 9.59 Å². The molecule has 0 radical (unpaired) electrons. The molecule has 1 heterocycles. The molecule has 1 rings (SSSR count). The monoisotopic (exact) mass is 255 g/mol. The first-order chi connectivity index (χ1) is 8.49. The summed E-state index contributed by atoms with van der Waals surface area (Å²) in [6.07, 6.45) is 2.63. The Kier molecular flexibility index (Phi) is 6.12. The number of hydrogen-bond acceptors (Lipinski definition) is 3. The van der Waals surface area contributed by atoms with Crippen molar-refractivity contribution >= 4 is 11.8 Å². The molecule has 2 atom stereocenters. The highest BCUT2D eigenvalue weighted by molar-refractivity contribution is 5.87. The summed E-state index contributed by atoms with van der Waals surface area (Å²) < 4.78 is 0. The maximum Gasteiger partial charge on any atom is 0.242 e. The van der Waals surface area contributed by atoms with Gasteiger partial charge in [-0.1, -0.05) is 13.8 Å². The molecule has 5 heteroatoms. The molecule has 18 heavy (non-hydrogen) atoms. The molecule has 1 saturated heterocycles. The Labute approximate surface area is 109 Å². The van der Waals surface area contributed by atoms with E-state index in [-0.39, 0.29) is 17.9 Å². The molecule has 2 amide bonds. The van der Waals surface area contributed by atoms with Crippen molar-refractivity contribution in [1.82, 2.24) is 16.0 Å². The zero-order chi connectivity index (χ0) is 13.5. The minimum absolute atomic E-state index is 0.0541. The van der Waals surface area contributed by atoms with E-state index in [1.807, 2.05) is 13.8 Å². The summed E-state index contributed by atoms with van der Waals surface area (Å²) in [5.41, 5.74) is 0. The number of carbonyl (C=O) groups excluding carboxylic acids is 2. The lowest BCUT2D eigenvalue weighted by atomic mass is 10.1. The van der Waals surface area contributed by atoms with E-state index in [2.05, 4.69) is 16.0 Å². The summed E-state index contributed by atoms with van der Waals surface area (Å²) in [4.78, 5) is 23.4. The van der Waals surface area contributed by atoms with Crippen LogP contribution < -0.4 is 16.0 Å². The van der Waals surface area contributed by atoms with Crippen molar-refractivity contribution in [2.75, 3.05) is 13.1 Å². The van der Waals surface area contributed by atoms with Gasteiger partial charge in [0.15, 0.2) is 0 Å². The highest BCUT2D eigenvalue weighted by Crippen LogP contribution is 2.08. The number of amides is 2. The van der Waals surface area contributed by atoms with Crippen molar-refractivity contribution in [3.05, 3.63) is 0 Å². The second kappa shape index (κ2) is 7.36. The van der Waals surface area contributed by atoms with Crippen LogP contribution in [0.15, 0.2) is 0 Å². The number of carbonyl (C=O) groups is 2. The van der Waals surface area contributed by atoms with E-state index < -0.39 is 6.04 Å². The Morgan fingerprint density at radius 2 is 2.06 bits per heavy atom. The lowest BCUT2D eigenvalue weighted by Gasteiger charge is -2.16. The number of rotatable bonds is 6. The van der Waals surface area contributed by atoms with Gasteiger partial charge >= 0.3 is 0 Å². The Hall–Kier alpha value is -1.10. The van der Waals surface area contributed by atoms with Crippen LogP contribution in [0, 0.1) is 5.92 Å². The van der Waals surface area contributed by atoms with Crippen molar-refractivity contribution in [2.45, 2.75) is 52.1 Å². The molecule has 0 bridgehead atoms. The van der Waals surface area contributed by atoms with Crippen LogP contribution in [0.4, 0.5) is 0 Å². The van der Waals surface area contributed by atoms with Gasteiger partial charge in [-0.2, -0.15) is 0 Å². The van der Waals surface area contributed by atoms with Crippen LogP contribution in [0.5, 0.6) is 0 Å². The summed E-state index contributed by atoms with van der Waals surface area (Å²) in [6.45, 7) is 7.42. The van der Waals surface area contributed by atoms with Crippen LogP contribution in [-0.4, -0.2) is 37.0 Å². The molecule has 5 nitrogen and oxygen atoms in total. The van der Waals surface area contributed by atoms with Crippen molar-refractivity contribution < 1.29 is 9.59 Å². The molecule has 0 aromatic heterocycles. The van der Waals surface area contributed by atoms with Crippen LogP contribution in [0.25, 0.3) is 0 Å². The Morgan fingerprint density at radius 1 is 1.33 bits per heavy atom. The summed E-state index contributed by atoms with van der Waals surface area (Å²) >= 11 is 0. The van der Waals surface area contributed by atoms with Gasteiger partial charge in [0.2, 0.25) is 11.8 Å². The zero-order valence-corrected chi connectivity index (χ0v) is 11.6. The first kappa shape index (κ1) is 15.0. The largest absolute Gasteiger partial charge is 0.354 e. The first-order valence-electron chi connectivity index (χ1n) is 6.79. The van der Waals surface area contributed by atoms with E-state index in [1.54, 1.807) is 6.92 Å². The van der Waals surface area contributed by atoms with Gasteiger partial charge in [0.1, 0.15) is 6.04 Å². The normalized spacial score (nSPS) is 20.8. The topological polar surface area (TPSA) is 70.2 Å². The van der Waals surface area contributed by atoms with E-state index in [0.717, 1.165) is 19.4 Å². The van der Waals surface area contributed by atoms with Gasteiger partial charge in [0.25, 0.3) is 0 Å². The summed E-state index contributed by atoms with van der Waals surface area (Å²) in [7, 11) is 0. The van der Waals surface area contributed by atoms with Gasteiger partial charge in [-0.15, -0.1) is 0 Å². The Bertz CT molecular complexity index is 286. The highest BCUT2D eigenvalue weighted by Gasteiger charge is 2.20. The number of nitrogens with one attached hydrogen (secondary N) is 3. The van der Waals surface area contributed by atoms with E-state index in [0.29, 0.717) is 18.9 Å². The minimum atomic E-state index is -0.461. The molecule has 104 valence electrons. The highest BCUT2D eigenvalue weighted by atomic mass is 16.2. The van der Waals surface area contributed by atoms with Gasteiger partial charge < -0.3 is 16.0 Å². The molecule has 0 aromatic carbocycles. The van der Waals surface area contributed by atoms with Crippen LogP contribution in [0.3, 0.4) is 0 Å². The van der Waals surface area contributed by atoms with Crippen LogP contribution in [0.1, 0.15) is 40.0 Å². The third-order valence-electron chi connectivity index (χ3n) is 3.05. The van der Waals surface area contributed by atoms with Gasteiger partial charge in [-0.25, -0.2) is 0 Å². The molecule has 0 aromatic rings. The maximum absolute atomic E-state index is 11.7. The van der Waals surface area contributed by atoms with Crippen molar-refractivity contribution in [2.24, 2.45) is 5.92 Å². The fourth-order valence-electron chi connectivity index (χ4n) is 1.98. The second-order valence-electron chi connectivity index (χ2n) is 5.43. The molecule has 3 N–H and O–H groups in total. The zero-order valence-electron chi connectivity index (χ0n) is 11.6. The van der Waals surface area contributed by atoms with Crippen molar-refractivity contribution in [3.8, 4) is 0 Å². The predicted molar refractivity (Wildman–Crippen MR) is 71.1 cm³/mol. The molecule has 1 aliphatic rings.